The summed E-state index contributed by atoms with van der Waals surface area (Å²) in [6, 6.07) is 1.72. The molecule has 1 N–H and O–H groups in total. The molecule has 154 valence electrons. The normalized spacial score (nSPS) is 11.0. The van der Waals surface area contributed by atoms with Gasteiger partial charge in [-0.2, -0.15) is 5.10 Å². The third-order valence-corrected chi connectivity index (χ3v) is 6.31. The molecule has 3 rings (SSSR count). The Bertz CT molecular complexity index is 1080. The second-order valence-electron chi connectivity index (χ2n) is 6.46. The minimum absolute atomic E-state index is 0.133. The molecule has 0 saturated heterocycles. The lowest BCUT2D eigenvalue weighted by atomic mass is 10.1. The maximum Gasteiger partial charge on any atom is 0.340 e. The van der Waals surface area contributed by atoms with Crippen LogP contribution in [0, 0.1) is 20.8 Å². The quantitative estimate of drug-likeness (QED) is 0.582. The van der Waals surface area contributed by atoms with E-state index in [2.05, 4.69) is 15.6 Å². The van der Waals surface area contributed by atoms with E-state index >= 15 is 0 Å². The minimum Gasteiger partial charge on any atom is -0.465 e. The second kappa shape index (κ2) is 8.38. The molecular weight excluding hydrogens is 416 g/mol. The number of thiophene rings is 1. The molecule has 0 unspecified atom stereocenters. The molecule has 10 heteroatoms. The van der Waals surface area contributed by atoms with Crippen LogP contribution in [-0.4, -0.2) is 33.9 Å². The van der Waals surface area contributed by atoms with Crippen LogP contribution in [0.1, 0.15) is 55.4 Å². The van der Waals surface area contributed by atoms with Crippen molar-refractivity contribution >= 4 is 39.8 Å². The molecule has 3 aromatic rings. The first-order valence-corrected chi connectivity index (χ1v) is 10.1. The number of esters is 1. The van der Waals surface area contributed by atoms with E-state index in [9.17, 15) is 9.59 Å². The number of anilines is 1. The van der Waals surface area contributed by atoms with Crippen molar-refractivity contribution in [3.8, 4) is 0 Å². The Balaban J connectivity index is 1.91. The summed E-state index contributed by atoms with van der Waals surface area (Å²) in [5.41, 5.74) is 2.53. The van der Waals surface area contributed by atoms with Crippen LogP contribution in [0.3, 0.4) is 0 Å². The monoisotopic (exact) mass is 436 g/mol. The van der Waals surface area contributed by atoms with Gasteiger partial charge in [-0.3, -0.25) is 9.48 Å². The SMILES string of the molecule is CCc1cc(C(=O)OC)c(NC(=O)c2noc(C)c2Cn2nc(C)c(Cl)c2C)s1. The molecule has 0 fully saturated rings. The molecule has 3 aromatic heterocycles. The fourth-order valence-corrected chi connectivity index (χ4v) is 3.98. The zero-order chi connectivity index (χ0) is 21.3. The molecule has 0 radical (unpaired) electrons. The summed E-state index contributed by atoms with van der Waals surface area (Å²) in [7, 11) is 1.30. The highest BCUT2D eigenvalue weighted by atomic mass is 35.5. The predicted molar refractivity (Wildman–Crippen MR) is 110 cm³/mol. The van der Waals surface area contributed by atoms with E-state index in [1.807, 2.05) is 20.8 Å². The number of rotatable bonds is 6. The van der Waals surface area contributed by atoms with Gasteiger partial charge in [-0.25, -0.2) is 4.79 Å². The maximum atomic E-state index is 12.9. The van der Waals surface area contributed by atoms with E-state index in [1.165, 1.54) is 18.4 Å². The lowest BCUT2D eigenvalue weighted by Crippen LogP contribution is -2.17. The largest absolute Gasteiger partial charge is 0.465 e. The van der Waals surface area contributed by atoms with E-state index in [-0.39, 0.29) is 12.2 Å². The van der Waals surface area contributed by atoms with Gasteiger partial charge in [0.25, 0.3) is 5.91 Å². The van der Waals surface area contributed by atoms with Crippen molar-refractivity contribution in [2.24, 2.45) is 0 Å². The van der Waals surface area contributed by atoms with Gasteiger partial charge in [0.1, 0.15) is 10.8 Å². The van der Waals surface area contributed by atoms with Crippen molar-refractivity contribution in [3.63, 3.8) is 0 Å². The first-order chi connectivity index (χ1) is 13.8. The summed E-state index contributed by atoms with van der Waals surface area (Å²) in [5, 5.41) is 12.1. The van der Waals surface area contributed by atoms with E-state index in [1.54, 1.807) is 17.7 Å². The van der Waals surface area contributed by atoms with Crippen LogP contribution in [-0.2, 0) is 17.7 Å². The predicted octanol–water partition coefficient (Wildman–Crippen LogP) is 4.16. The molecule has 0 bridgehead atoms. The lowest BCUT2D eigenvalue weighted by molar-refractivity contribution is 0.0602. The number of nitrogens with zero attached hydrogens (tertiary/aromatic N) is 3. The van der Waals surface area contributed by atoms with Crippen LogP contribution < -0.4 is 5.32 Å². The summed E-state index contributed by atoms with van der Waals surface area (Å²) in [5.74, 6) is -0.475. The topological polar surface area (TPSA) is 99.2 Å². The molecule has 0 saturated carbocycles. The maximum absolute atomic E-state index is 12.9. The number of halogens is 1. The second-order valence-corrected chi connectivity index (χ2v) is 7.98. The highest BCUT2D eigenvalue weighted by molar-refractivity contribution is 7.16. The Labute approximate surface area is 176 Å². The zero-order valence-electron chi connectivity index (χ0n) is 16.8. The molecule has 0 spiro atoms. The number of hydrogen-bond donors (Lipinski definition) is 1. The molecule has 0 aromatic carbocycles. The molecule has 8 nitrogen and oxygen atoms in total. The minimum atomic E-state index is -0.509. The number of amides is 1. The average molecular weight is 437 g/mol. The van der Waals surface area contributed by atoms with Gasteiger partial charge in [-0.15, -0.1) is 11.3 Å². The Morgan fingerprint density at radius 3 is 2.66 bits per heavy atom. The van der Waals surface area contributed by atoms with Crippen molar-refractivity contribution in [2.45, 2.75) is 40.7 Å². The Morgan fingerprint density at radius 2 is 2.07 bits per heavy atom. The highest BCUT2D eigenvalue weighted by Crippen LogP contribution is 2.30. The summed E-state index contributed by atoms with van der Waals surface area (Å²) in [6.45, 7) is 7.65. The van der Waals surface area contributed by atoms with Crippen molar-refractivity contribution in [3.05, 3.63) is 49.9 Å². The van der Waals surface area contributed by atoms with E-state index in [4.69, 9.17) is 20.9 Å². The van der Waals surface area contributed by atoms with Crippen molar-refractivity contribution in [1.29, 1.82) is 0 Å². The molecule has 0 aliphatic heterocycles. The number of ether oxygens (including phenoxy) is 1. The highest BCUT2D eigenvalue weighted by Gasteiger charge is 2.25. The third kappa shape index (κ3) is 4.06. The Morgan fingerprint density at radius 1 is 1.34 bits per heavy atom. The van der Waals surface area contributed by atoms with Crippen LogP contribution in [0.25, 0.3) is 0 Å². The fraction of sp³-hybridized carbons (Fsp3) is 0.368. The van der Waals surface area contributed by atoms with Gasteiger partial charge in [0.2, 0.25) is 0 Å². The third-order valence-electron chi connectivity index (χ3n) is 4.56. The van der Waals surface area contributed by atoms with Gasteiger partial charge in [-0.1, -0.05) is 23.7 Å². The number of hydrogen-bond acceptors (Lipinski definition) is 7. The fourth-order valence-electron chi connectivity index (χ4n) is 2.87. The van der Waals surface area contributed by atoms with Gasteiger partial charge in [0.05, 0.1) is 35.6 Å². The Kier molecular flexibility index (Phi) is 6.09. The molecule has 0 atom stereocenters. The van der Waals surface area contributed by atoms with E-state index in [0.29, 0.717) is 32.6 Å². The van der Waals surface area contributed by atoms with Crippen molar-refractivity contribution in [1.82, 2.24) is 14.9 Å². The van der Waals surface area contributed by atoms with E-state index < -0.39 is 11.9 Å². The van der Waals surface area contributed by atoms with Gasteiger partial charge in [0.15, 0.2) is 5.69 Å². The summed E-state index contributed by atoms with van der Waals surface area (Å²) in [6.07, 6.45) is 0.734. The number of nitrogens with one attached hydrogen (secondary N) is 1. The molecule has 29 heavy (non-hydrogen) atoms. The Hall–Kier alpha value is -2.65. The first kappa shape index (κ1) is 21.1. The summed E-state index contributed by atoms with van der Waals surface area (Å²) in [4.78, 5) is 25.9. The lowest BCUT2D eigenvalue weighted by Gasteiger charge is -2.07. The number of aryl methyl sites for hydroxylation is 3. The summed E-state index contributed by atoms with van der Waals surface area (Å²) >= 11 is 7.55. The average Bonchev–Trinajstić information content (AvgIpc) is 3.35. The van der Waals surface area contributed by atoms with Gasteiger partial charge in [-0.05, 0) is 33.3 Å². The van der Waals surface area contributed by atoms with Gasteiger partial charge >= 0.3 is 5.97 Å². The molecule has 0 aliphatic rings. The zero-order valence-corrected chi connectivity index (χ0v) is 18.3. The van der Waals surface area contributed by atoms with Crippen LogP contribution in [0.5, 0.6) is 0 Å². The van der Waals surface area contributed by atoms with Crippen LogP contribution in [0.15, 0.2) is 10.6 Å². The van der Waals surface area contributed by atoms with Gasteiger partial charge < -0.3 is 14.6 Å². The number of carbonyl (C=O) groups is 2. The molecule has 3 heterocycles. The number of carbonyl (C=O) groups excluding carboxylic acids is 2. The van der Waals surface area contributed by atoms with Crippen molar-refractivity contribution < 1.29 is 18.8 Å². The molecule has 1 amide bonds. The van der Waals surface area contributed by atoms with Crippen LogP contribution >= 0.6 is 22.9 Å². The van der Waals surface area contributed by atoms with Crippen LogP contribution in [0.2, 0.25) is 5.02 Å². The van der Waals surface area contributed by atoms with Gasteiger partial charge in [0, 0.05) is 10.4 Å². The van der Waals surface area contributed by atoms with E-state index in [0.717, 1.165) is 17.0 Å². The summed E-state index contributed by atoms with van der Waals surface area (Å²) < 4.78 is 11.8. The smallest absolute Gasteiger partial charge is 0.340 e. The van der Waals surface area contributed by atoms with Crippen molar-refractivity contribution in [2.75, 3.05) is 12.4 Å². The number of methoxy groups -OCH3 is 1. The van der Waals surface area contributed by atoms with Crippen LogP contribution in [0.4, 0.5) is 5.00 Å². The number of aromatic nitrogens is 3. The molecular formula is C19H21ClN4O4S. The standard InChI is InChI=1S/C19H21ClN4O4S/c1-6-12-7-13(19(26)27-5)18(29-12)21-17(25)16-14(11(4)28-23-16)8-24-10(3)15(20)9(2)22-24/h7H,6,8H2,1-5H3,(H,21,25). The first-order valence-electron chi connectivity index (χ1n) is 8.93. The molecule has 0 aliphatic carbocycles.